The number of nitrogens with one attached hydrogen (secondary N) is 1. The van der Waals surface area contributed by atoms with Crippen molar-refractivity contribution in [3.8, 4) is 11.3 Å². The van der Waals surface area contributed by atoms with Gasteiger partial charge in [-0.2, -0.15) is 0 Å². The van der Waals surface area contributed by atoms with Crippen molar-refractivity contribution in [1.29, 1.82) is 0 Å². The van der Waals surface area contributed by atoms with Crippen LogP contribution in [0.1, 0.15) is 11.1 Å². The molecule has 4 rings (SSSR count). The van der Waals surface area contributed by atoms with Crippen LogP contribution in [0.15, 0.2) is 94.3 Å². The van der Waals surface area contributed by atoms with Crippen LogP contribution >= 0.6 is 15.9 Å². The lowest BCUT2D eigenvalue weighted by Gasteiger charge is -2.16. The number of halogens is 2. The van der Waals surface area contributed by atoms with Gasteiger partial charge in [0.2, 0.25) is 0 Å². The molecule has 0 unspecified atom stereocenters. The summed E-state index contributed by atoms with van der Waals surface area (Å²) in [4.78, 5) is 30.4. The van der Waals surface area contributed by atoms with Crippen molar-refractivity contribution in [3.63, 3.8) is 0 Å². The second-order valence-corrected chi connectivity index (χ2v) is 8.23. The summed E-state index contributed by atoms with van der Waals surface area (Å²) in [5.74, 6) is -0.828. The van der Waals surface area contributed by atoms with E-state index in [1.807, 2.05) is 60.7 Å². The Morgan fingerprint density at radius 3 is 2.26 bits per heavy atom. The fourth-order valence-corrected chi connectivity index (χ4v) is 4.00. The number of carbonyl (C=O) groups is 1. The van der Waals surface area contributed by atoms with Crippen molar-refractivity contribution < 1.29 is 13.9 Å². The Morgan fingerprint density at radius 2 is 1.59 bits per heavy atom. The molecule has 0 aliphatic heterocycles. The summed E-state index contributed by atoms with van der Waals surface area (Å²) < 4.78 is 20.3. The molecule has 8 heteroatoms. The van der Waals surface area contributed by atoms with Crippen LogP contribution in [-0.2, 0) is 29.2 Å². The Labute approximate surface area is 204 Å². The van der Waals surface area contributed by atoms with E-state index in [0.717, 1.165) is 16.7 Å². The molecule has 4 aromatic rings. The molecule has 34 heavy (non-hydrogen) atoms. The van der Waals surface area contributed by atoms with Gasteiger partial charge in [-0.1, -0.05) is 72.8 Å². The molecule has 0 bridgehead atoms. The monoisotopic (exact) mass is 521 g/mol. The second-order valence-electron chi connectivity index (χ2n) is 7.48. The zero-order valence-corrected chi connectivity index (χ0v) is 19.7. The predicted molar refractivity (Wildman–Crippen MR) is 132 cm³/mol. The van der Waals surface area contributed by atoms with Crippen molar-refractivity contribution >= 4 is 27.7 Å². The highest BCUT2D eigenvalue weighted by Gasteiger charge is 2.19. The highest BCUT2D eigenvalue weighted by Crippen LogP contribution is 2.26. The van der Waals surface area contributed by atoms with E-state index >= 15 is 0 Å². The number of hydrogen-bond donors (Lipinski definition) is 1. The van der Waals surface area contributed by atoms with E-state index < -0.39 is 11.5 Å². The van der Waals surface area contributed by atoms with Crippen molar-refractivity contribution in [2.24, 2.45) is 0 Å². The van der Waals surface area contributed by atoms with Crippen molar-refractivity contribution in [2.45, 2.75) is 19.7 Å². The zero-order chi connectivity index (χ0) is 23.9. The normalized spacial score (nSPS) is 10.6. The summed E-state index contributed by atoms with van der Waals surface area (Å²) in [5.41, 5.74) is 2.35. The summed E-state index contributed by atoms with van der Waals surface area (Å²) in [5, 5.41) is 2.99. The highest BCUT2D eigenvalue weighted by molar-refractivity contribution is 9.10. The summed E-state index contributed by atoms with van der Waals surface area (Å²) in [6.07, 6.45) is 0. The highest BCUT2D eigenvalue weighted by atomic mass is 79.9. The van der Waals surface area contributed by atoms with Gasteiger partial charge in [0, 0.05) is 12.1 Å². The Morgan fingerprint density at radius 1 is 0.941 bits per heavy atom. The van der Waals surface area contributed by atoms with Gasteiger partial charge in [-0.15, -0.1) is 0 Å². The average molecular weight is 522 g/mol. The molecule has 0 spiro atoms. The topological polar surface area (TPSA) is 73.2 Å². The number of esters is 1. The number of anilines is 1. The fraction of sp³-hybridized carbons (Fsp3) is 0.115. The average Bonchev–Trinajstić information content (AvgIpc) is 2.86. The molecular weight excluding hydrogens is 501 g/mol. The third kappa shape index (κ3) is 5.77. The number of carbonyl (C=O) groups excluding carboxylic acids is 1. The predicted octanol–water partition coefficient (Wildman–Crippen LogP) is 5.17. The zero-order valence-electron chi connectivity index (χ0n) is 18.1. The quantitative estimate of drug-likeness (QED) is 0.324. The first-order valence-electron chi connectivity index (χ1n) is 10.5. The number of ether oxygens (including phenoxy) is 1. The first kappa shape index (κ1) is 23.4. The van der Waals surface area contributed by atoms with Crippen molar-refractivity contribution in [3.05, 3.63) is 117 Å². The van der Waals surface area contributed by atoms with Gasteiger partial charge in [0.25, 0.3) is 5.56 Å². The van der Waals surface area contributed by atoms with Crippen LogP contribution < -0.4 is 10.9 Å². The molecule has 1 heterocycles. The van der Waals surface area contributed by atoms with E-state index in [1.165, 1.54) is 16.7 Å². The minimum absolute atomic E-state index is 0.0618. The fourth-order valence-electron chi connectivity index (χ4n) is 3.38. The van der Waals surface area contributed by atoms with Gasteiger partial charge >= 0.3 is 5.97 Å². The molecular formula is C26H21BrFN3O3. The molecule has 0 fully saturated rings. The Balaban J connectivity index is 1.62. The van der Waals surface area contributed by atoms with Crippen LogP contribution in [-0.4, -0.2) is 15.5 Å². The van der Waals surface area contributed by atoms with Gasteiger partial charge in [-0.05, 0) is 39.2 Å². The summed E-state index contributed by atoms with van der Waals surface area (Å²) in [7, 11) is 0. The number of rotatable bonds is 8. The van der Waals surface area contributed by atoms with Crippen molar-refractivity contribution in [2.75, 3.05) is 5.32 Å². The molecule has 0 saturated carbocycles. The minimum atomic E-state index is -0.550. The Bertz CT molecular complexity index is 1330. The summed E-state index contributed by atoms with van der Waals surface area (Å²) in [6, 6.07) is 24.5. The van der Waals surface area contributed by atoms with Crippen LogP contribution in [0.5, 0.6) is 0 Å². The molecule has 0 radical (unpaired) electrons. The third-order valence-corrected chi connectivity index (χ3v) is 5.63. The maximum absolute atomic E-state index is 13.3. The van der Waals surface area contributed by atoms with Crippen LogP contribution in [0.2, 0.25) is 0 Å². The van der Waals surface area contributed by atoms with Gasteiger partial charge < -0.3 is 10.1 Å². The number of nitrogens with zero attached hydrogens (tertiary/aromatic N) is 2. The number of hydrogen-bond acceptors (Lipinski definition) is 5. The van der Waals surface area contributed by atoms with Gasteiger partial charge in [-0.25, -0.2) is 9.37 Å². The maximum Gasteiger partial charge on any atom is 0.326 e. The Hall–Kier alpha value is -3.78. The lowest BCUT2D eigenvalue weighted by atomic mass is 10.1. The largest absolute Gasteiger partial charge is 0.459 e. The van der Waals surface area contributed by atoms with Crippen LogP contribution in [0.4, 0.5) is 10.2 Å². The molecule has 6 nitrogen and oxygen atoms in total. The van der Waals surface area contributed by atoms with E-state index in [1.54, 1.807) is 12.1 Å². The molecule has 0 saturated heterocycles. The molecule has 0 atom stereocenters. The van der Waals surface area contributed by atoms with Gasteiger partial charge in [0.05, 0.1) is 5.69 Å². The third-order valence-electron chi connectivity index (χ3n) is 5.07. The lowest BCUT2D eigenvalue weighted by molar-refractivity contribution is -0.145. The van der Waals surface area contributed by atoms with E-state index in [9.17, 15) is 14.0 Å². The van der Waals surface area contributed by atoms with E-state index in [2.05, 4.69) is 26.2 Å². The van der Waals surface area contributed by atoms with Crippen molar-refractivity contribution in [1.82, 2.24) is 9.55 Å². The Kier molecular flexibility index (Phi) is 7.49. The van der Waals surface area contributed by atoms with Gasteiger partial charge in [-0.3, -0.25) is 14.2 Å². The number of aromatic nitrogens is 2. The molecule has 0 aliphatic carbocycles. The molecule has 172 valence electrons. The van der Waals surface area contributed by atoms with E-state index in [4.69, 9.17) is 4.74 Å². The van der Waals surface area contributed by atoms with Gasteiger partial charge in [0.1, 0.15) is 23.6 Å². The first-order valence-corrected chi connectivity index (χ1v) is 11.3. The summed E-state index contributed by atoms with van der Waals surface area (Å²) in [6.45, 7) is 0.0807. The minimum Gasteiger partial charge on any atom is -0.459 e. The smallest absolute Gasteiger partial charge is 0.326 e. The first-order chi connectivity index (χ1) is 16.5. The molecule has 3 aromatic carbocycles. The molecule has 0 amide bonds. The molecule has 1 N–H and O–H groups in total. The molecule has 0 aliphatic rings. The molecule has 1 aromatic heterocycles. The lowest BCUT2D eigenvalue weighted by Crippen LogP contribution is -2.30. The van der Waals surface area contributed by atoms with Gasteiger partial charge in [0.15, 0.2) is 5.82 Å². The standard InChI is InChI=1S/C26H21BrFN3O3/c27-24-23(20-9-5-2-6-10-20)31(16-22(32)34-17-19-7-3-1-4-8-19)26(33)25(30-24)29-15-18-11-13-21(28)14-12-18/h1-14H,15-17H2,(H,29,30). The van der Waals surface area contributed by atoms with Crippen LogP contribution in [0.3, 0.4) is 0 Å². The SMILES string of the molecule is O=C(Cn1c(-c2ccccc2)c(Br)nc(NCc2ccc(F)cc2)c1=O)OCc1ccccc1. The van der Waals surface area contributed by atoms with E-state index in [0.29, 0.717) is 10.3 Å². The van der Waals surface area contributed by atoms with Crippen LogP contribution in [0, 0.1) is 5.82 Å². The summed E-state index contributed by atoms with van der Waals surface area (Å²) >= 11 is 3.46. The van der Waals surface area contributed by atoms with E-state index in [-0.39, 0.29) is 31.3 Å². The van der Waals surface area contributed by atoms with Crippen LogP contribution in [0.25, 0.3) is 11.3 Å². The maximum atomic E-state index is 13.3. The second kappa shape index (κ2) is 10.9. The number of benzene rings is 3.